The second-order valence-corrected chi connectivity index (χ2v) is 4.48. The third-order valence-electron chi connectivity index (χ3n) is 3.50. The van der Waals surface area contributed by atoms with Gasteiger partial charge in [0.2, 0.25) is 0 Å². The summed E-state index contributed by atoms with van der Waals surface area (Å²) in [6.45, 7) is -0.155. The molecule has 1 N–H and O–H groups in total. The summed E-state index contributed by atoms with van der Waals surface area (Å²) in [6.07, 6.45) is -2.39. The number of rotatable bonds is 2. The van der Waals surface area contributed by atoms with Crippen LogP contribution in [0.15, 0.2) is 18.2 Å². The van der Waals surface area contributed by atoms with Crippen LogP contribution in [-0.4, -0.2) is 11.7 Å². The van der Waals surface area contributed by atoms with Gasteiger partial charge in [-0.15, -0.1) is 0 Å². The molecule has 5 heteroatoms. The number of hydrogen-bond donors (Lipinski definition) is 1. The fraction of sp³-hybridized carbons (Fsp3) is 0.500. The predicted octanol–water partition coefficient (Wildman–Crippen LogP) is 3.26. The Kier molecular flexibility index (Phi) is 2.89. The summed E-state index contributed by atoms with van der Waals surface area (Å²) in [4.78, 5) is 0. The highest BCUT2D eigenvalue weighted by atomic mass is 19.4. The molecule has 1 saturated carbocycles. The zero-order chi connectivity index (χ0) is 12.7. The fourth-order valence-electron chi connectivity index (χ4n) is 2.22. The van der Waals surface area contributed by atoms with E-state index in [1.807, 2.05) is 0 Å². The molecule has 1 aromatic carbocycles. The summed E-state index contributed by atoms with van der Waals surface area (Å²) in [5.41, 5.74) is -1.34. The third kappa shape index (κ3) is 2.04. The SMILES string of the molecule is OCC1(c2ccc(C(F)(F)F)c(F)c2)CCC1. The molecule has 0 saturated heterocycles. The highest BCUT2D eigenvalue weighted by molar-refractivity contribution is 5.33. The maximum absolute atomic E-state index is 13.4. The Hall–Kier alpha value is -1.10. The van der Waals surface area contributed by atoms with E-state index >= 15 is 0 Å². The lowest BCUT2D eigenvalue weighted by Gasteiger charge is -2.41. The van der Waals surface area contributed by atoms with Crippen LogP contribution in [0.4, 0.5) is 17.6 Å². The summed E-state index contributed by atoms with van der Waals surface area (Å²) < 4.78 is 50.5. The second-order valence-electron chi connectivity index (χ2n) is 4.48. The minimum atomic E-state index is -4.67. The van der Waals surface area contributed by atoms with Crippen LogP contribution in [0, 0.1) is 5.82 Å². The molecule has 0 spiro atoms. The maximum atomic E-state index is 13.4. The number of hydrogen-bond acceptors (Lipinski definition) is 1. The van der Waals surface area contributed by atoms with Gasteiger partial charge in [-0.05, 0) is 30.5 Å². The Bertz CT molecular complexity index is 415. The molecule has 0 heterocycles. The molecule has 0 unspecified atom stereocenters. The van der Waals surface area contributed by atoms with Crippen LogP contribution in [0.25, 0.3) is 0 Å². The van der Waals surface area contributed by atoms with Crippen LogP contribution in [0.2, 0.25) is 0 Å². The lowest BCUT2D eigenvalue weighted by molar-refractivity contribution is -0.140. The van der Waals surface area contributed by atoms with Crippen LogP contribution in [0.3, 0.4) is 0 Å². The molecule has 1 aliphatic rings. The van der Waals surface area contributed by atoms with Crippen LogP contribution in [-0.2, 0) is 11.6 Å². The molecule has 1 nitrogen and oxygen atoms in total. The molecule has 17 heavy (non-hydrogen) atoms. The highest BCUT2D eigenvalue weighted by Gasteiger charge is 2.40. The lowest BCUT2D eigenvalue weighted by Crippen LogP contribution is -2.38. The fourth-order valence-corrected chi connectivity index (χ4v) is 2.22. The maximum Gasteiger partial charge on any atom is 0.419 e. The molecule has 2 rings (SSSR count). The first-order chi connectivity index (χ1) is 7.89. The van der Waals surface area contributed by atoms with Gasteiger partial charge in [-0.3, -0.25) is 0 Å². The molecular weight excluding hydrogens is 236 g/mol. The first-order valence-corrected chi connectivity index (χ1v) is 5.37. The van der Waals surface area contributed by atoms with Gasteiger partial charge in [-0.2, -0.15) is 13.2 Å². The smallest absolute Gasteiger partial charge is 0.395 e. The van der Waals surface area contributed by atoms with Gasteiger partial charge in [0.05, 0.1) is 12.2 Å². The molecule has 0 radical (unpaired) electrons. The van der Waals surface area contributed by atoms with Crippen molar-refractivity contribution in [3.05, 3.63) is 35.1 Å². The molecule has 0 aliphatic heterocycles. The third-order valence-corrected chi connectivity index (χ3v) is 3.50. The van der Waals surface area contributed by atoms with E-state index in [9.17, 15) is 22.7 Å². The summed E-state index contributed by atoms with van der Waals surface area (Å²) in [5, 5.41) is 9.27. The van der Waals surface area contributed by atoms with E-state index < -0.39 is 23.0 Å². The number of halogens is 4. The summed E-state index contributed by atoms with van der Waals surface area (Å²) in [7, 11) is 0. The van der Waals surface area contributed by atoms with Crippen LogP contribution in [0.1, 0.15) is 30.4 Å². The molecule has 0 bridgehead atoms. The van der Waals surface area contributed by atoms with E-state index in [0.29, 0.717) is 18.4 Å². The first kappa shape index (κ1) is 12.4. The molecular formula is C12H12F4O. The molecule has 0 aromatic heterocycles. The molecule has 0 atom stereocenters. The number of alkyl halides is 3. The van der Waals surface area contributed by atoms with Crippen molar-refractivity contribution in [2.24, 2.45) is 0 Å². The minimum Gasteiger partial charge on any atom is -0.395 e. The highest BCUT2D eigenvalue weighted by Crippen LogP contribution is 2.44. The Morgan fingerprint density at radius 1 is 1.24 bits per heavy atom. The molecule has 1 aliphatic carbocycles. The van der Waals surface area contributed by atoms with E-state index in [0.717, 1.165) is 18.6 Å². The molecule has 1 fully saturated rings. The van der Waals surface area contributed by atoms with Gasteiger partial charge >= 0.3 is 6.18 Å². The van der Waals surface area contributed by atoms with Gasteiger partial charge in [0.25, 0.3) is 0 Å². The average Bonchev–Trinajstić information content (AvgIpc) is 2.14. The molecule has 94 valence electrons. The van der Waals surface area contributed by atoms with E-state index in [1.165, 1.54) is 6.07 Å². The van der Waals surface area contributed by atoms with E-state index in [-0.39, 0.29) is 6.61 Å². The number of aliphatic hydroxyl groups is 1. The minimum absolute atomic E-state index is 0.155. The summed E-state index contributed by atoms with van der Waals surface area (Å²) in [6, 6.07) is 2.92. The van der Waals surface area contributed by atoms with Crippen molar-refractivity contribution in [3.63, 3.8) is 0 Å². The van der Waals surface area contributed by atoms with Crippen molar-refractivity contribution in [2.45, 2.75) is 30.9 Å². The van der Waals surface area contributed by atoms with Gasteiger partial charge in [0.15, 0.2) is 0 Å². The average molecular weight is 248 g/mol. The Labute approximate surface area is 96.1 Å². The molecule has 1 aromatic rings. The van der Waals surface area contributed by atoms with Gasteiger partial charge < -0.3 is 5.11 Å². The zero-order valence-electron chi connectivity index (χ0n) is 9.02. The van der Waals surface area contributed by atoms with Crippen molar-refractivity contribution >= 4 is 0 Å². The van der Waals surface area contributed by atoms with Crippen molar-refractivity contribution in [3.8, 4) is 0 Å². The number of benzene rings is 1. The topological polar surface area (TPSA) is 20.2 Å². The van der Waals surface area contributed by atoms with Crippen molar-refractivity contribution in [2.75, 3.05) is 6.61 Å². The van der Waals surface area contributed by atoms with Gasteiger partial charge in [-0.1, -0.05) is 12.5 Å². The molecule has 0 amide bonds. The van der Waals surface area contributed by atoms with E-state index in [2.05, 4.69) is 0 Å². The quantitative estimate of drug-likeness (QED) is 0.796. The van der Waals surface area contributed by atoms with Crippen molar-refractivity contribution in [1.82, 2.24) is 0 Å². The van der Waals surface area contributed by atoms with Gasteiger partial charge in [0, 0.05) is 5.41 Å². The Morgan fingerprint density at radius 2 is 1.88 bits per heavy atom. The monoisotopic (exact) mass is 248 g/mol. The van der Waals surface area contributed by atoms with Crippen LogP contribution < -0.4 is 0 Å². The Balaban J connectivity index is 2.37. The first-order valence-electron chi connectivity index (χ1n) is 5.37. The summed E-state index contributed by atoms with van der Waals surface area (Å²) >= 11 is 0. The van der Waals surface area contributed by atoms with Crippen molar-refractivity contribution in [1.29, 1.82) is 0 Å². The largest absolute Gasteiger partial charge is 0.419 e. The van der Waals surface area contributed by atoms with Crippen LogP contribution >= 0.6 is 0 Å². The zero-order valence-corrected chi connectivity index (χ0v) is 9.02. The Morgan fingerprint density at radius 3 is 2.24 bits per heavy atom. The van der Waals surface area contributed by atoms with E-state index in [4.69, 9.17) is 0 Å². The summed E-state index contributed by atoms with van der Waals surface area (Å²) in [5.74, 6) is -1.27. The predicted molar refractivity (Wildman–Crippen MR) is 54.0 cm³/mol. The second kappa shape index (κ2) is 3.98. The standard InChI is InChI=1S/C12H12F4O/c13-10-6-8(11(7-17)4-1-5-11)2-3-9(10)12(14,15)16/h2-3,6,17H,1,4-5,7H2. The van der Waals surface area contributed by atoms with Crippen molar-refractivity contribution < 1.29 is 22.7 Å². The normalized spacial score (nSPS) is 18.9. The van der Waals surface area contributed by atoms with E-state index in [1.54, 1.807) is 0 Å². The van der Waals surface area contributed by atoms with Gasteiger partial charge in [0.1, 0.15) is 5.82 Å². The van der Waals surface area contributed by atoms with Gasteiger partial charge in [-0.25, -0.2) is 4.39 Å². The number of aliphatic hydroxyl groups excluding tert-OH is 1. The van der Waals surface area contributed by atoms with Crippen LogP contribution in [0.5, 0.6) is 0 Å². The lowest BCUT2D eigenvalue weighted by atomic mass is 9.65.